The van der Waals surface area contributed by atoms with E-state index in [-0.39, 0.29) is 11.4 Å². The Balaban J connectivity index is 0.000000195. The predicted molar refractivity (Wildman–Crippen MR) is 128 cm³/mol. The summed E-state index contributed by atoms with van der Waals surface area (Å²) in [5.41, 5.74) is -0.0942. The van der Waals surface area contributed by atoms with Crippen molar-refractivity contribution in [2.24, 2.45) is 0 Å². The fourth-order valence-corrected chi connectivity index (χ4v) is 21.1. The quantitative estimate of drug-likeness (QED) is 0.410. The van der Waals surface area contributed by atoms with Gasteiger partial charge in [0.2, 0.25) is 11.8 Å². The van der Waals surface area contributed by atoms with Gasteiger partial charge in [0, 0.05) is 6.07 Å². The van der Waals surface area contributed by atoms with E-state index >= 15 is 0 Å². The molecule has 0 bridgehead atoms. The van der Waals surface area contributed by atoms with Crippen LogP contribution in [-0.4, -0.2) is 44.9 Å². The first-order valence-electron chi connectivity index (χ1n) is 12.8. The molecule has 0 N–H and O–H groups in total. The van der Waals surface area contributed by atoms with Crippen molar-refractivity contribution in [2.75, 3.05) is 14.2 Å². The molecule has 3 fully saturated rings. The Morgan fingerprint density at radius 1 is 0.781 bits per heavy atom. The molecule has 6 heteroatoms. The van der Waals surface area contributed by atoms with Crippen molar-refractivity contribution in [2.45, 2.75) is 108 Å². The van der Waals surface area contributed by atoms with Crippen molar-refractivity contribution in [1.82, 2.24) is 4.98 Å². The van der Waals surface area contributed by atoms with Gasteiger partial charge in [-0.1, -0.05) is 0 Å². The van der Waals surface area contributed by atoms with Crippen LogP contribution in [0.15, 0.2) is 12.1 Å². The first kappa shape index (κ1) is 25.6. The number of carboxylic acid groups (broad SMARTS) is 1. The van der Waals surface area contributed by atoms with Crippen molar-refractivity contribution < 1.29 is 19.4 Å². The number of nitrogens with zero attached hydrogens (tertiary/aromatic N) is 1. The van der Waals surface area contributed by atoms with Gasteiger partial charge in [0.1, 0.15) is 0 Å². The van der Waals surface area contributed by atoms with E-state index < -0.39 is 25.7 Å². The molecule has 0 atom stereocenters. The molecular formula is C26H41NO4Sn. The first-order chi connectivity index (χ1) is 15.6. The van der Waals surface area contributed by atoms with Crippen LogP contribution < -0.4 is 14.6 Å². The summed E-state index contributed by atoms with van der Waals surface area (Å²) in [6.07, 6.45) is 24.2. The molecule has 0 saturated heterocycles. The van der Waals surface area contributed by atoms with Crippen molar-refractivity contribution in [3.05, 3.63) is 17.7 Å². The molecule has 0 spiro atoms. The Morgan fingerprint density at radius 2 is 1.22 bits per heavy atom. The maximum Gasteiger partial charge on any atom is 0.225 e. The monoisotopic (exact) mass is 551 g/mol. The largest absolute Gasteiger partial charge is 0.545 e. The summed E-state index contributed by atoms with van der Waals surface area (Å²) in [5, 5.41) is 10.5. The van der Waals surface area contributed by atoms with Crippen LogP contribution in [0.25, 0.3) is 0 Å². The molecule has 0 aromatic carbocycles. The third-order valence-electron chi connectivity index (χ3n) is 7.69. The minimum Gasteiger partial charge on any atom is -0.545 e. The fraction of sp³-hybridized carbons (Fsp3) is 0.769. The molecule has 3 saturated carbocycles. The van der Waals surface area contributed by atoms with Crippen LogP contribution in [0.4, 0.5) is 0 Å². The average Bonchev–Trinajstić information content (AvgIpc) is 2.86. The molecule has 3 aliphatic rings. The molecule has 0 amide bonds. The van der Waals surface area contributed by atoms with Gasteiger partial charge < -0.3 is 19.4 Å². The van der Waals surface area contributed by atoms with Gasteiger partial charge >= 0.3 is 128 Å². The molecule has 0 aliphatic heterocycles. The van der Waals surface area contributed by atoms with E-state index in [9.17, 15) is 9.90 Å². The molecule has 3 aliphatic carbocycles. The van der Waals surface area contributed by atoms with Crippen LogP contribution in [0.1, 0.15) is 107 Å². The van der Waals surface area contributed by atoms with Crippen LogP contribution in [-0.2, 0) is 0 Å². The Hall–Kier alpha value is -0.981. The Bertz CT molecular complexity index is 652. The summed E-state index contributed by atoms with van der Waals surface area (Å²) in [5.74, 6) is -1.05. The molecular weight excluding hydrogens is 509 g/mol. The molecule has 5 nitrogen and oxygen atoms in total. The summed E-state index contributed by atoms with van der Waals surface area (Å²) in [7, 11) is 2.76. The van der Waals surface area contributed by atoms with Gasteiger partial charge in [0.05, 0.1) is 25.8 Å². The van der Waals surface area contributed by atoms with Crippen molar-refractivity contribution in [3.8, 4) is 11.8 Å². The van der Waals surface area contributed by atoms with Crippen LogP contribution in [0.2, 0.25) is 11.8 Å². The maximum atomic E-state index is 10.5. The Kier molecular flexibility index (Phi) is 10.9. The minimum absolute atomic E-state index is 0.0145. The Labute approximate surface area is 201 Å². The molecule has 0 unspecified atom stereocenters. The van der Waals surface area contributed by atoms with Crippen molar-refractivity contribution in [3.63, 3.8) is 0 Å². The Morgan fingerprint density at radius 3 is 1.56 bits per heavy atom. The smallest absolute Gasteiger partial charge is 0.225 e. The summed E-state index contributed by atoms with van der Waals surface area (Å²) in [6, 6.07) is 2.74. The fourth-order valence-electron chi connectivity index (χ4n) is 6.16. The second-order valence-electron chi connectivity index (χ2n) is 9.70. The van der Waals surface area contributed by atoms with E-state index in [1.165, 1.54) is 38.2 Å². The van der Waals surface area contributed by atoms with Gasteiger partial charge in [0.25, 0.3) is 0 Å². The second kappa shape index (κ2) is 13.7. The van der Waals surface area contributed by atoms with Gasteiger partial charge in [-0.25, -0.2) is 0 Å². The SMILES string of the molecule is C1CC[CH]([Sn+]([CH]2CCCCC2)[CH]2CCCCC2)CC1.COc1ccc(C(=O)[O-])c(OC)n1. The number of carbonyl (C=O) groups is 1. The standard InChI is InChI=1S/C8H9NO4.3C6H11.Sn/c1-12-6-4-3-5(8(10)11)7(9-6)13-2;3*1-2-4-6-5-3-1;/h3-4H,1-2H3,(H,10,11);3*1H,2-6H2;/q;;;;+1/p-1. The number of methoxy groups -OCH3 is 2. The molecule has 1 aromatic rings. The topological polar surface area (TPSA) is 71.5 Å². The van der Waals surface area contributed by atoms with Gasteiger partial charge in [-0.3, -0.25) is 0 Å². The summed E-state index contributed by atoms with van der Waals surface area (Å²) >= 11 is -1.15. The molecule has 0 radical (unpaired) electrons. The number of hydrogen-bond donors (Lipinski definition) is 0. The number of carboxylic acids is 1. The molecule has 4 rings (SSSR count). The number of pyridine rings is 1. The van der Waals surface area contributed by atoms with Crippen molar-refractivity contribution >= 4 is 25.7 Å². The molecule has 178 valence electrons. The van der Waals surface area contributed by atoms with Crippen LogP contribution in [0, 0.1) is 0 Å². The summed E-state index contributed by atoms with van der Waals surface area (Å²) < 4.78 is 13.5. The number of rotatable bonds is 6. The minimum atomic E-state index is -1.33. The van der Waals surface area contributed by atoms with E-state index in [0.717, 1.165) is 0 Å². The van der Waals surface area contributed by atoms with Gasteiger partial charge in [0.15, 0.2) is 0 Å². The van der Waals surface area contributed by atoms with Crippen LogP contribution in [0.5, 0.6) is 11.8 Å². The van der Waals surface area contributed by atoms with Crippen LogP contribution >= 0.6 is 0 Å². The zero-order valence-corrected chi connectivity index (χ0v) is 22.9. The maximum absolute atomic E-state index is 10.5. The predicted octanol–water partition coefficient (Wildman–Crippen LogP) is 5.95. The number of aromatic nitrogens is 1. The molecule has 1 heterocycles. The first-order valence-corrected chi connectivity index (χ1v) is 17.7. The van der Waals surface area contributed by atoms with E-state index in [1.54, 1.807) is 96.3 Å². The van der Waals surface area contributed by atoms with E-state index in [0.29, 0.717) is 5.88 Å². The third kappa shape index (κ3) is 7.26. The van der Waals surface area contributed by atoms with E-state index in [4.69, 9.17) is 9.47 Å². The molecule has 1 aromatic heterocycles. The van der Waals surface area contributed by atoms with E-state index in [2.05, 4.69) is 4.98 Å². The van der Waals surface area contributed by atoms with E-state index in [1.807, 2.05) is 0 Å². The van der Waals surface area contributed by atoms with Gasteiger partial charge in [-0.05, 0) is 6.07 Å². The third-order valence-corrected chi connectivity index (χ3v) is 20.7. The normalized spacial score (nSPS) is 20.7. The summed E-state index contributed by atoms with van der Waals surface area (Å²) in [4.78, 5) is 14.3. The summed E-state index contributed by atoms with van der Waals surface area (Å²) in [6.45, 7) is 0. The molecule has 32 heavy (non-hydrogen) atoms. The number of hydrogen-bond acceptors (Lipinski definition) is 5. The average molecular weight is 550 g/mol. The number of ether oxygens (including phenoxy) is 2. The zero-order chi connectivity index (χ0) is 22.8. The zero-order valence-electron chi connectivity index (χ0n) is 20.1. The van der Waals surface area contributed by atoms with Gasteiger partial charge in [-0.15, -0.1) is 0 Å². The second-order valence-corrected chi connectivity index (χ2v) is 19.5. The van der Waals surface area contributed by atoms with Gasteiger partial charge in [-0.2, -0.15) is 4.98 Å². The van der Waals surface area contributed by atoms with Crippen LogP contribution in [0.3, 0.4) is 0 Å². The number of carbonyl (C=O) groups excluding carboxylic acids is 1. The number of aromatic carboxylic acids is 1. The van der Waals surface area contributed by atoms with Crippen molar-refractivity contribution in [1.29, 1.82) is 0 Å².